The number of rotatable bonds is 6. The fourth-order valence-corrected chi connectivity index (χ4v) is 4.12. The van der Waals surface area contributed by atoms with Crippen molar-refractivity contribution < 1.29 is 0 Å². The smallest absolute Gasteiger partial charge is 0.0198 e. The molecule has 1 nitrogen and oxygen atoms in total. The Bertz CT molecular complexity index is 363. The van der Waals surface area contributed by atoms with Gasteiger partial charge in [-0.25, -0.2) is 0 Å². The van der Waals surface area contributed by atoms with Crippen molar-refractivity contribution in [3.8, 4) is 0 Å². The molecule has 19 heavy (non-hydrogen) atoms. The summed E-state index contributed by atoms with van der Waals surface area (Å²) < 4.78 is 0. The Morgan fingerprint density at radius 1 is 1.21 bits per heavy atom. The van der Waals surface area contributed by atoms with E-state index in [1.54, 1.807) is 0 Å². The zero-order chi connectivity index (χ0) is 13.7. The summed E-state index contributed by atoms with van der Waals surface area (Å²) in [5, 5.41) is 4.66. The summed E-state index contributed by atoms with van der Waals surface area (Å²) >= 11 is 2.03. The highest BCUT2D eigenvalue weighted by Crippen LogP contribution is 2.30. The lowest BCUT2D eigenvalue weighted by molar-refractivity contribution is 0.426. The van der Waals surface area contributed by atoms with Gasteiger partial charge in [0.2, 0.25) is 0 Å². The third-order valence-electron chi connectivity index (χ3n) is 4.39. The van der Waals surface area contributed by atoms with Crippen molar-refractivity contribution in [3.05, 3.63) is 35.9 Å². The van der Waals surface area contributed by atoms with Crippen LogP contribution in [0.1, 0.15) is 44.6 Å². The lowest BCUT2D eigenvalue weighted by atomic mass is 9.88. The highest BCUT2D eigenvalue weighted by molar-refractivity contribution is 7.99. The number of hydrogen-bond acceptors (Lipinski definition) is 2. The van der Waals surface area contributed by atoms with Crippen molar-refractivity contribution in [2.24, 2.45) is 5.92 Å². The van der Waals surface area contributed by atoms with E-state index in [1.807, 2.05) is 11.8 Å². The molecule has 0 bridgehead atoms. The van der Waals surface area contributed by atoms with Gasteiger partial charge in [0.25, 0.3) is 0 Å². The SMILES string of the molecule is CSC1CCCC1NCC(c1ccccc1)C(C)C. The normalized spacial score (nSPS) is 24.8. The lowest BCUT2D eigenvalue weighted by Gasteiger charge is -2.26. The molecule has 3 atom stereocenters. The summed E-state index contributed by atoms with van der Waals surface area (Å²) in [4.78, 5) is 0. The van der Waals surface area contributed by atoms with E-state index in [0.29, 0.717) is 11.8 Å². The molecule has 1 saturated carbocycles. The van der Waals surface area contributed by atoms with Gasteiger partial charge in [-0.1, -0.05) is 50.6 Å². The van der Waals surface area contributed by atoms with Gasteiger partial charge in [-0.3, -0.25) is 0 Å². The molecule has 0 aliphatic heterocycles. The maximum atomic E-state index is 3.84. The van der Waals surface area contributed by atoms with Crippen LogP contribution in [-0.2, 0) is 0 Å². The Balaban J connectivity index is 1.95. The van der Waals surface area contributed by atoms with Gasteiger partial charge >= 0.3 is 0 Å². The molecule has 1 N–H and O–H groups in total. The van der Waals surface area contributed by atoms with Gasteiger partial charge in [0, 0.05) is 17.8 Å². The first-order valence-corrected chi connectivity index (χ1v) is 8.82. The minimum atomic E-state index is 0.629. The Labute approximate surface area is 122 Å². The summed E-state index contributed by atoms with van der Waals surface area (Å²) in [7, 11) is 0. The molecule has 0 aromatic heterocycles. The van der Waals surface area contributed by atoms with Crippen molar-refractivity contribution in [1.82, 2.24) is 5.32 Å². The first kappa shape index (κ1) is 14.9. The van der Waals surface area contributed by atoms with E-state index in [1.165, 1.54) is 24.8 Å². The van der Waals surface area contributed by atoms with Crippen LogP contribution in [0.25, 0.3) is 0 Å². The number of benzene rings is 1. The van der Waals surface area contributed by atoms with Crippen LogP contribution in [0.3, 0.4) is 0 Å². The van der Waals surface area contributed by atoms with Crippen LogP contribution in [0.2, 0.25) is 0 Å². The van der Waals surface area contributed by atoms with Crippen LogP contribution < -0.4 is 5.32 Å². The highest BCUT2D eigenvalue weighted by atomic mass is 32.2. The molecule has 0 radical (unpaired) electrons. The second-order valence-corrected chi connectivity index (χ2v) is 7.06. The molecular formula is C17H27NS. The van der Waals surface area contributed by atoms with Crippen LogP contribution in [-0.4, -0.2) is 24.1 Å². The highest BCUT2D eigenvalue weighted by Gasteiger charge is 2.27. The van der Waals surface area contributed by atoms with Gasteiger partial charge in [-0.05, 0) is 36.5 Å². The standard InChI is InChI=1S/C17H27NS/c1-13(2)15(14-8-5-4-6-9-14)12-18-16-10-7-11-17(16)19-3/h4-6,8-9,13,15-18H,7,10-12H2,1-3H3. The Morgan fingerprint density at radius 2 is 1.95 bits per heavy atom. The molecule has 0 spiro atoms. The first-order valence-electron chi connectivity index (χ1n) is 7.53. The first-order chi connectivity index (χ1) is 9.22. The van der Waals surface area contributed by atoms with Crippen LogP contribution >= 0.6 is 11.8 Å². The van der Waals surface area contributed by atoms with Crippen LogP contribution in [0.5, 0.6) is 0 Å². The van der Waals surface area contributed by atoms with E-state index in [2.05, 4.69) is 55.8 Å². The number of hydrogen-bond donors (Lipinski definition) is 1. The van der Waals surface area contributed by atoms with Crippen molar-refractivity contribution >= 4 is 11.8 Å². The summed E-state index contributed by atoms with van der Waals surface area (Å²) in [6.45, 7) is 5.78. The summed E-state index contributed by atoms with van der Waals surface area (Å²) in [5.74, 6) is 1.31. The van der Waals surface area contributed by atoms with E-state index in [9.17, 15) is 0 Å². The minimum Gasteiger partial charge on any atom is -0.312 e. The van der Waals surface area contributed by atoms with Crippen molar-refractivity contribution in [1.29, 1.82) is 0 Å². The Morgan fingerprint density at radius 3 is 2.58 bits per heavy atom. The van der Waals surface area contributed by atoms with Gasteiger partial charge < -0.3 is 5.32 Å². The average molecular weight is 277 g/mol. The van der Waals surface area contributed by atoms with E-state index in [0.717, 1.165) is 17.8 Å². The zero-order valence-corrected chi connectivity index (χ0v) is 13.2. The number of thioether (sulfide) groups is 1. The molecule has 1 aliphatic carbocycles. The largest absolute Gasteiger partial charge is 0.312 e. The second-order valence-electron chi connectivity index (χ2n) is 5.98. The van der Waals surface area contributed by atoms with E-state index in [-0.39, 0.29) is 0 Å². The minimum absolute atomic E-state index is 0.629. The summed E-state index contributed by atoms with van der Waals surface area (Å²) in [6, 6.07) is 11.7. The maximum Gasteiger partial charge on any atom is 0.0198 e. The van der Waals surface area contributed by atoms with Crippen molar-refractivity contribution in [2.45, 2.75) is 50.3 Å². The maximum absolute atomic E-state index is 3.84. The molecule has 106 valence electrons. The second kappa shape index (κ2) is 7.35. The van der Waals surface area contributed by atoms with Crippen molar-refractivity contribution in [3.63, 3.8) is 0 Å². The lowest BCUT2D eigenvalue weighted by Crippen LogP contribution is -2.37. The predicted molar refractivity (Wildman–Crippen MR) is 87.0 cm³/mol. The van der Waals surface area contributed by atoms with Gasteiger partial charge in [-0.15, -0.1) is 0 Å². The molecule has 0 heterocycles. The monoisotopic (exact) mass is 277 g/mol. The van der Waals surface area contributed by atoms with E-state index < -0.39 is 0 Å². The molecule has 1 aromatic rings. The van der Waals surface area contributed by atoms with Crippen LogP contribution in [0, 0.1) is 5.92 Å². The summed E-state index contributed by atoms with van der Waals surface area (Å²) in [6.07, 6.45) is 6.38. The fourth-order valence-electron chi connectivity index (χ4n) is 3.16. The third kappa shape index (κ3) is 4.00. The predicted octanol–water partition coefficient (Wildman–Crippen LogP) is 4.30. The van der Waals surface area contributed by atoms with Gasteiger partial charge in [-0.2, -0.15) is 11.8 Å². The molecule has 2 rings (SSSR count). The third-order valence-corrected chi connectivity index (χ3v) is 5.56. The fraction of sp³-hybridized carbons (Fsp3) is 0.647. The van der Waals surface area contributed by atoms with Crippen LogP contribution in [0.4, 0.5) is 0 Å². The van der Waals surface area contributed by atoms with Gasteiger partial charge in [0.15, 0.2) is 0 Å². The summed E-state index contributed by atoms with van der Waals surface area (Å²) in [5.41, 5.74) is 1.48. The quantitative estimate of drug-likeness (QED) is 0.832. The van der Waals surface area contributed by atoms with E-state index >= 15 is 0 Å². The van der Waals surface area contributed by atoms with Crippen LogP contribution in [0.15, 0.2) is 30.3 Å². The molecule has 1 fully saturated rings. The van der Waals surface area contributed by atoms with Gasteiger partial charge in [0.1, 0.15) is 0 Å². The molecule has 1 aliphatic rings. The molecule has 1 aromatic carbocycles. The molecule has 0 saturated heterocycles. The molecule has 2 heteroatoms. The molecule has 3 unspecified atom stereocenters. The van der Waals surface area contributed by atoms with Crippen molar-refractivity contribution in [2.75, 3.05) is 12.8 Å². The topological polar surface area (TPSA) is 12.0 Å². The number of nitrogens with one attached hydrogen (secondary N) is 1. The Kier molecular flexibility index (Phi) is 5.77. The Hall–Kier alpha value is -0.470. The molecule has 0 amide bonds. The van der Waals surface area contributed by atoms with E-state index in [4.69, 9.17) is 0 Å². The molecular weight excluding hydrogens is 250 g/mol. The zero-order valence-electron chi connectivity index (χ0n) is 12.4. The van der Waals surface area contributed by atoms with Gasteiger partial charge in [0.05, 0.1) is 0 Å². The average Bonchev–Trinajstić information content (AvgIpc) is 2.87.